The van der Waals surface area contributed by atoms with Gasteiger partial charge in [-0.15, -0.1) is 11.3 Å². The van der Waals surface area contributed by atoms with Crippen molar-refractivity contribution >= 4 is 33.1 Å². The first kappa shape index (κ1) is 16.2. The number of ether oxygens (including phenoxy) is 1. The molecule has 0 bridgehead atoms. The number of methoxy groups -OCH3 is 1. The Labute approximate surface area is 142 Å². The van der Waals surface area contributed by atoms with Crippen molar-refractivity contribution in [3.63, 3.8) is 0 Å². The standard InChI is InChI=1S/C17H17N3O3S/c1-10-8-14-16(24-10)18-11(2)20(17(14)22)9-15(21)19-12-4-6-13(23-3)7-5-12/h4-8H,9H2,1-3H3,(H,19,21). The van der Waals surface area contributed by atoms with Gasteiger partial charge in [-0.3, -0.25) is 14.2 Å². The number of carbonyl (C=O) groups excluding carboxylic acids is 1. The summed E-state index contributed by atoms with van der Waals surface area (Å²) >= 11 is 1.48. The lowest BCUT2D eigenvalue weighted by Crippen LogP contribution is -2.29. The molecule has 0 saturated carbocycles. The Morgan fingerprint density at radius 1 is 1.29 bits per heavy atom. The maximum absolute atomic E-state index is 12.6. The number of fused-ring (bicyclic) bond motifs is 1. The summed E-state index contributed by atoms with van der Waals surface area (Å²) < 4.78 is 6.47. The zero-order valence-corrected chi connectivity index (χ0v) is 14.4. The number of nitrogens with one attached hydrogen (secondary N) is 1. The Hall–Kier alpha value is -2.67. The highest BCUT2D eigenvalue weighted by molar-refractivity contribution is 7.18. The maximum Gasteiger partial charge on any atom is 0.262 e. The average Bonchev–Trinajstić information content (AvgIpc) is 2.92. The van der Waals surface area contributed by atoms with Gasteiger partial charge in [-0.25, -0.2) is 4.98 Å². The van der Waals surface area contributed by atoms with Crippen LogP contribution in [0, 0.1) is 13.8 Å². The van der Waals surface area contributed by atoms with E-state index in [1.54, 1.807) is 38.3 Å². The number of aryl methyl sites for hydroxylation is 2. The molecule has 0 aliphatic carbocycles. The monoisotopic (exact) mass is 343 g/mol. The summed E-state index contributed by atoms with van der Waals surface area (Å²) in [5.41, 5.74) is 0.457. The highest BCUT2D eigenvalue weighted by atomic mass is 32.1. The summed E-state index contributed by atoms with van der Waals surface area (Å²) in [6.45, 7) is 3.59. The smallest absolute Gasteiger partial charge is 0.262 e. The lowest BCUT2D eigenvalue weighted by molar-refractivity contribution is -0.116. The fraction of sp³-hybridized carbons (Fsp3) is 0.235. The van der Waals surface area contributed by atoms with E-state index in [1.807, 2.05) is 13.0 Å². The van der Waals surface area contributed by atoms with Gasteiger partial charge in [0.1, 0.15) is 22.9 Å². The Kier molecular flexibility index (Phi) is 4.35. The fourth-order valence-electron chi connectivity index (χ4n) is 2.44. The summed E-state index contributed by atoms with van der Waals surface area (Å²) in [6, 6.07) is 8.82. The molecule has 0 aliphatic heterocycles. The van der Waals surface area contributed by atoms with Crippen molar-refractivity contribution in [2.75, 3.05) is 12.4 Å². The zero-order valence-electron chi connectivity index (χ0n) is 13.6. The number of thiophene rings is 1. The summed E-state index contributed by atoms with van der Waals surface area (Å²) in [7, 11) is 1.58. The van der Waals surface area contributed by atoms with E-state index < -0.39 is 0 Å². The van der Waals surface area contributed by atoms with E-state index in [-0.39, 0.29) is 18.0 Å². The second-order valence-electron chi connectivity index (χ2n) is 5.40. The zero-order chi connectivity index (χ0) is 17.3. The van der Waals surface area contributed by atoms with Gasteiger partial charge in [-0.1, -0.05) is 0 Å². The normalized spacial score (nSPS) is 10.8. The van der Waals surface area contributed by atoms with Gasteiger partial charge < -0.3 is 10.1 Å². The van der Waals surface area contributed by atoms with E-state index in [2.05, 4.69) is 10.3 Å². The second kappa shape index (κ2) is 6.45. The SMILES string of the molecule is COc1ccc(NC(=O)Cn2c(C)nc3sc(C)cc3c2=O)cc1. The second-order valence-corrected chi connectivity index (χ2v) is 6.64. The molecule has 0 fully saturated rings. The summed E-state index contributed by atoms with van der Waals surface area (Å²) in [4.78, 5) is 31.0. The summed E-state index contributed by atoms with van der Waals surface area (Å²) in [5, 5.41) is 3.33. The fourth-order valence-corrected chi connectivity index (χ4v) is 3.36. The summed E-state index contributed by atoms with van der Waals surface area (Å²) in [6.07, 6.45) is 0. The van der Waals surface area contributed by atoms with Crippen molar-refractivity contribution in [3.05, 3.63) is 51.4 Å². The van der Waals surface area contributed by atoms with E-state index in [9.17, 15) is 9.59 Å². The number of hydrogen-bond acceptors (Lipinski definition) is 5. The third-order valence-corrected chi connectivity index (χ3v) is 4.59. The van der Waals surface area contributed by atoms with Crippen molar-refractivity contribution < 1.29 is 9.53 Å². The molecule has 0 aliphatic rings. The molecule has 3 aromatic rings. The highest BCUT2D eigenvalue weighted by Crippen LogP contribution is 2.20. The molecular weight excluding hydrogens is 326 g/mol. The minimum atomic E-state index is -0.279. The molecule has 0 saturated heterocycles. The third-order valence-electron chi connectivity index (χ3n) is 3.64. The minimum Gasteiger partial charge on any atom is -0.497 e. The predicted molar refractivity (Wildman–Crippen MR) is 95.0 cm³/mol. The Bertz CT molecular complexity index is 958. The Morgan fingerprint density at radius 3 is 2.67 bits per heavy atom. The molecule has 1 N–H and O–H groups in total. The number of anilines is 1. The quantitative estimate of drug-likeness (QED) is 0.790. The molecule has 2 aromatic heterocycles. The van der Waals surface area contributed by atoms with E-state index in [4.69, 9.17) is 4.74 Å². The number of amides is 1. The van der Waals surface area contributed by atoms with Gasteiger partial charge in [0.15, 0.2) is 0 Å². The van der Waals surface area contributed by atoms with Crippen molar-refractivity contribution in [3.8, 4) is 5.75 Å². The van der Waals surface area contributed by atoms with Crippen molar-refractivity contribution in [2.45, 2.75) is 20.4 Å². The lowest BCUT2D eigenvalue weighted by atomic mass is 10.3. The van der Waals surface area contributed by atoms with Gasteiger partial charge in [0.25, 0.3) is 5.56 Å². The first-order valence-corrected chi connectivity index (χ1v) is 8.21. The Balaban J connectivity index is 1.83. The van der Waals surface area contributed by atoms with Crippen LogP contribution in [-0.2, 0) is 11.3 Å². The van der Waals surface area contributed by atoms with Gasteiger partial charge in [-0.05, 0) is 44.2 Å². The first-order valence-electron chi connectivity index (χ1n) is 7.39. The molecule has 6 nitrogen and oxygen atoms in total. The molecule has 0 atom stereocenters. The van der Waals surface area contributed by atoms with E-state index in [1.165, 1.54) is 15.9 Å². The lowest BCUT2D eigenvalue weighted by Gasteiger charge is -2.10. The highest BCUT2D eigenvalue weighted by Gasteiger charge is 2.13. The van der Waals surface area contributed by atoms with Crippen molar-refractivity contribution in [1.29, 1.82) is 0 Å². The van der Waals surface area contributed by atoms with E-state index in [0.29, 0.717) is 27.5 Å². The van der Waals surface area contributed by atoms with Crippen LogP contribution in [0.2, 0.25) is 0 Å². The van der Waals surface area contributed by atoms with Gasteiger partial charge >= 0.3 is 0 Å². The van der Waals surface area contributed by atoms with Crippen LogP contribution in [0.15, 0.2) is 35.1 Å². The molecule has 1 amide bonds. The number of benzene rings is 1. The summed E-state index contributed by atoms with van der Waals surface area (Å²) in [5.74, 6) is 0.959. The average molecular weight is 343 g/mol. The van der Waals surface area contributed by atoms with Crippen LogP contribution in [0.4, 0.5) is 5.69 Å². The molecule has 1 aromatic carbocycles. The van der Waals surface area contributed by atoms with Crippen LogP contribution in [0.1, 0.15) is 10.7 Å². The van der Waals surface area contributed by atoms with Crippen LogP contribution in [0.5, 0.6) is 5.75 Å². The molecule has 24 heavy (non-hydrogen) atoms. The minimum absolute atomic E-state index is 0.0749. The number of aromatic nitrogens is 2. The molecule has 7 heteroatoms. The van der Waals surface area contributed by atoms with Crippen LogP contribution < -0.4 is 15.6 Å². The number of rotatable bonds is 4. The first-order chi connectivity index (χ1) is 11.5. The largest absolute Gasteiger partial charge is 0.497 e. The van der Waals surface area contributed by atoms with E-state index in [0.717, 1.165) is 4.88 Å². The predicted octanol–water partition coefficient (Wildman–Crippen LogP) is 2.72. The maximum atomic E-state index is 12.6. The van der Waals surface area contributed by atoms with E-state index >= 15 is 0 Å². The number of nitrogens with zero attached hydrogens (tertiary/aromatic N) is 2. The molecule has 0 spiro atoms. The molecule has 0 unspecified atom stereocenters. The molecule has 0 radical (unpaired) electrons. The molecular formula is C17H17N3O3S. The van der Waals surface area contributed by atoms with Crippen LogP contribution in [-0.4, -0.2) is 22.6 Å². The van der Waals surface area contributed by atoms with Gasteiger partial charge in [-0.2, -0.15) is 0 Å². The van der Waals surface area contributed by atoms with Crippen LogP contribution >= 0.6 is 11.3 Å². The van der Waals surface area contributed by atoms with Crippen molar-refractivity contribution in [1.82, 2.24) is 9.55 Å². The number of hydrogen-bond donors (Lipinski definition) is 1. The van der Waals surface area contributed by atoms with Gasteiger partial charge in [0.05, 0.1) is 12.5 Å². The molecule has 124 valence electrons. The van der Waals surface area contributed by atoms with Gasteiger partial charge in [0.2, 0.25) is 5.91 Å². The number of carbonyl (C=O) groups is 1. The topological polar surface area (TPSA) is 73.2 Å². The Morgan fingerprint density at radius 2 is 2.00 bits per heavy atom. The molecule has 3 rings (SSSR count). The molecule has 2 heterocycles. The third kappa shape index (κ3) is 3.16. The van der Waals surface area contributed by atoms with Crippen molar-refractivity contribution in [2.24, 2.45) is 0 Å². The van der Waals surface area contributed by atoms with Crippen LogP contribution in [0.3, 0.4) is 0 Å². The van der Waals surface area contributed by atoms with Gasteiger partial charge in [0, 0.05) is 10.6 Å². The van der Waals surface area contributed by atoms with Crippen LogP contribution in [0.25, 0.3) is 10.2 Å².